The molecule has 0 atom stereocenters. The first-order valence-corrected chi connectivity index (χ1v) is 10.2. The number of aryl methyl sites for hydroxylation is 2. The number of amides is 1. The smallest absolute Gasteiger partial charge is 0.242 e. The maximum absolute atomic E-state index is 12.4. The first-order chi connectivity index (χ1) is 12.6. The van der Waals surface area contributed by atoms with Crippen LogP contribution in [0.5, 0.6) is 0 Å². The average molecular weight is 390 g/mol. The molecule has 0 fully saturated rings. The lowest BCUT2D eigenvalue weighted by Gasteiger charge is -2.17. The summed E-state index contributed by atoms with van der Waals surface area (Å²) >= 11 is 0. The summed E-state index contributed by atoms with van der Waals surface area (Å²) in [5.41, 5.74) is 4.59. The summed E-state index contributed by atoms with van der Waals surface area (Å²) in [4.78, 5) is 12.4. The Balaban J connectivity index is 2.08. The standard InChI is InChI=1S/C20H27N3O3S/c1-14-8-6-7-9-17(14)12-22-20(24)13-21-19-11-18(10-15(2)16(19)3)27(25,26)23(4)5/h6-11,21H,12-13H2,1-5H3,(H,22,24). The molecule has 27 heavy (non-hydrogen) atoms. The Kier molecular flexibility index (Phi) is 6.62. The molecule has 0 spiro atoms. The molecule has 0 saturated carbocycles. The Labute approximate surface area is 161 Å². The molecule has 2 aromatic rings. The Morgan fingerprint density at radius 3 is 2.33 bits per heavy atom. The molecule has 0 aliphatic rings. The highest BCUT2D eigenvalue weighted by molar-refractivity contribution is 7.89. The number of nitrogens with one attached hydrogen (secondary N) is 2. The molecule has 7 heteroatoms. The molecule has 0 aliphatic carbocycles. The molecular formula is C20H27N3O3S. The first-order valence-electron chi connectivity index (χ1n) is 8.71. The molecule has 0 radical (unpaired) electrons. The predicted molar refractivity (Wildman–Crippen MR) is 108 cm³/mol. The van der Waals surface area contributed by atoms with Crippen molar-refractivity contribution in [3.8, 4) is 0 Å². The summed E-state index contributed by atoms with van der Waals surface area (Å²) in [6.45, 7) is 6.28. The number of benzene rings is 2. The molecule has 0 bridgehead atoms. The molecule has 0 saturated heterocycles. The number of carbonyl (C=O) groups excluding carboxylic acids is 1. The van der Waals surface area contributed by atoms with E-state index in [0.29, 0.717) is 12.2 Å². The van der Waals surface area contributed by atoms with E-state index in [2.05, 4.69) is 10.6 Å². The number of anilines is 1. The molecule has 0 heterocycles. The zero-order valence-corrected chi connectivity index (χ0v) is 17.3. The Morgan fingerprint density at radius 2 is 1.70 bits per heavy atom. The van der Waals surface area contributed by atoms with Gasteiger partial charge < -0.3 is 10.6 Å². The van der Waals surface area contributed by atoms with Crippen LogP contribution in [0.25, 0.3) is 0 Å². The minimum Gasteiger partial charge on any atom is -0.376 e. The fourth-order valence-electron chi connectivity index (χ4n) is 2.61. The zero-order chi connectivity index (χ0) is 20.2. The summed E-state index contributed by atoms with van der Waals surface area (Å²) in [7, 11) is -0.542. The second kappa shape index (κ2) is 8.54. The van der Waals surface area contributed by atoms with Gasteiger partial charge in [-0.15, -0.1) is 0 Å². The highest BCUT2D eigenvalue weighted by atomic mass is 32.2. The van der Waals surface area contributed by atoms with E-state index in [9.17, 15) is 13.2 Å². The van der Waals surface area contributed by atoms with E-state index in [1.54, 1.807) is 12.1 Å². The summed E-state index contributed by atoms with van der Waals surface area (Å²) in [5, 5.41) is 5.94. The number of carbonyl (C=O) groups is 1. The van der Waals surface area contributed by atoms with Gasteiger partial charge in [-0.1, -0.05) is 24.3 Å². The predicted octanol–water partition coefficient (Wildman–Crippen LogP) is 2.59. The van der Waals surface area contributed by atoms with Crippen LogP contribution in [-0.2, 0) is 21.4 Å². The summed E-state index contributed by atoms with van der Waals surface area (Å²) in [6, 6.07) is 11.1. The number of hydrogen-bond donors (Lipinski definition) is 2. The molecule has 6 nitrogen and oxygen atoms in total. The molecule has 0 unspecified atom stereocenters. The molecule has 146 valence electrons. The van der Waals surface area contributed by atoms with Crippen LogP contribution in [0.3, 0.4) is 0 Å². The average Bonchev–Trinajstić information content (AvgIpc) is 2.61. The minimum atomic E-state index is -3.54. The van der Waals surface area contributed by atoms with Crippen molar-refractivity contribution in [2.75, 3.05) is 26.0 Å². The summed E-state index contributed by atoms with van der Waals surface area (Å²) < 4.78 is 26.0. The van der Waals surface area contributed by atoms with E-state index in [1.807, 2.05) is 45.0 Å². The lowest BCUT2D eigenvalue weighted by atomic mass is 10.1. The van der Waals surface area contributed by atoms with Gasteiger partial charge in [0.05, 0.1) is 11.4 Å². The van der Waals surface area contributed by atoms with Gasteiger partial charge >= 0.3 is 0 Å². The molecule has 0 aromatic heterocycles. The summed E-state index contributed by atoms with van der Waals surface area (Å²) in [5.74, 6) is -0.156. The fraction of sp³-hybridized carbons (Fsp3) is 0.350. The van der Waals surface area contributed by atoms with Gasteiger partial charge in [-0.3, -0.25) is 4.79 Å². The second-order valence-electron chi connectivity index (χ2n) is 6.76. The normalized spacial score (nSPS) is 11.5. The van der Waals surface area contributed by atoms with Crippen molar-refractivity contribution in [3.63, 3.8) is 0 Å². The van der Waals surface area contributed by atoms with Crippen LogP contribution in [-0.4, -0.2) is 39.3 Å². The molecule has 2 aromatic carbocycles. The van der Waals surface area contributed by atoms with Crippen LogP contribution < -0.4 is 10.6 Å². The largest absolute Gasteiger partial charge is 0.376 e. The maximum atomic E-state index is 12.4. The number of sulfonamides is 1. The Bertz CT molecular complexity index is 937. The van der Waals surface area contributed by atoms with E-state index >= 15 is 0 Å². The van der Waals surface area contributed by atoms with E-state index in [0.717, 1.165) is 22.3 Å². The summed E-state index contributed by atoms with van der Waals surface area (Å²) in [6.07, 6.45) is 0. The third-order valence-electron chi connectivity index (χ3n) is 4.60. The van der Waals surface area contributed by atoms with Crippen LogP contribution in [0.2, 0.25) is 0 Å². The van der Waals surface area contributed by atoms with Crippen molar-refractivity contribution in [2.45, 2.75) is 32.2 Å². The van der Waals surface area contributed by atoms with Gasteiger partial charge in [-0.25, -0.2) is 12.7 Å². The highest BCUT2D eigenvalue weighted by Crippen LogP contribution is 2.25. The van der Waals surface area contributed by atoms with Gasteiger partial charge in [0.2, 0.25) is 15.9 Å². The number of hydrogen-bond acceptors (Lipinski definition) is 4. The molecule has 0 aliphatic heterocycles. The van der Waals surface area contributed by atoms with E-state index in [1.165, 1.54) is 18.4 Å². The number of nitrogens with zero attached hydrogens (tertiary/aromatic N) is 1. The topological polar surface area (TPSA) is 78.5 Å². The second-order valence-corrected chi connectivity index (χ2v) is 8.91. The molecule has 2 rings (SSSR count). The van der Waals surface area contributed by atoms with Crippen LogP contribution in [0.4, 0.5) is 5.69 Å². The van der Waals surface area contributed by atoms with Crippen molar-refractivity contribution in [1.82, 2.24) is 9.62 Å². The maximum Gasteiger partial charge on any atom is 0.242 e. The zero-order valence-electron chi connectivity index (χ0n) is 16.5. The van der Waals surface area contributed by atoms with Crippen LogP contribution >= 0.6 is 0 Å². The van der Waals surface area contributed by atoms with Crippen molar-refractivity contribution < 1.29 is 13.2 Å². The van der Waals surface area contributed by atoms with Crippen molar-refractivity contribution >= 4 is 21.6 Å². The Hall–Kier alpha value is -2.38. The lowest BCUT2D eigenvalue weighted by molar-refractivity contribution is -0.119. The molecule has 1 amide bonds. The van der Waals surface area contributed by atoms with Gasteiger partial charge in [0.1, 0.15) is 0 Å². The molecule has 2 N–H and O–H groups in total. The van der Waals surface area contributed by atoms with Crippen molar-refractivity contribution in [2.24, 2.45) is 0 Å². The van der Waals surface area contributed by atoms with E-state index < -0.39 is 10.0 Å². The monoisotopic (exact) mass is 389 g/mol. The first kappa shape index (κ1) is 20.9. The minimum absolute atomic E-state index is 0.0671. The van der Waals surface area contributed by atoms with Crippen LogP contribution in [0.1, 0.15) is 22.3 Å². The molecular weight excluding hydrogens is 362 g/mol. The van der Waals surface area contributed by atoms with Gasteiger partial charge in [-0.2, -0.15) is 0 Å². The van der Waals surface area contributed by atoms with E-state index in [-0.39, 0.29) is 17.3 Å². The highest BCUT2D eigenvalue weighted by Gasteiger charge is 2.19. The third-order valence-corrected chi connectivity index (χ3v) is 6.39. The Morgan fingerprint density at radius 1 is 1.04 bits per heavy atom. The quantitative estimate of drug-likeness (QED) is 0.763. The number of rotatable bonds is 7. The van der Waals surface area contributed by atoms with Gasteiger partial charge in [-0.05, 0) is 55.2 Å². The lowest BCUT2D eigenvalue weighted by Crippen LogP contribution is -2.30. The van der Waals surface area contributed by atoms with Gasteiger partial charge in [0, 0.05) is 26.3 Å². The van der Waals surface area contributed by atoms with Crippen LogP contribution in [0, 0.1) is 20.8 Å². The SMILES string of the molecule is Cc1ccccc1CNC(=O)CNc1cc(S(=O)(=O)N(C)C)cc(C)c1C. The van der Waals surface area contributed by atoms with E-state index in [4.69, 9.17) is 0 Å². The fourth-order valence-corrected chi connectivity index (χ4v) is 3.62. The van der Waals surface area contributed by atoms with Crippen LogP contribution in [0.15, 0.2) is 41.3 Å². The van der Waals surface area contributed by atoms with Crippen molar-refractivity contribution in [1.29, 1.82) is 0 Å². The van der Waals surface area contributed by atoms with Gasteiger partial charge in [0.15, 0.2) is 0 Å². The van der Waals surface area contributed by atoms with Crippen molar-refractivity contribution in [3.05, 3.63) is 58.7 Å². The third kappa shape index (κ3) is 5.08. The van der Waals surface area contributed by atoms with Gasteiger partial charge in [0.25, 0.3) is 0 Å².